The van der Waals surface area contributed by atoms with E-state index in [1.54, 1.807) is 31.2 Å². The van der Waals surface area contributed by atoms with Gasteiger partial charge in [0, 0.05) is 5.69 Å². The van der Waals surface area contributed by atoms with E-state index in [0.717, 1.165) is 6.20 Å². The van der Waals surface area contributed by atoms with Crippen LogP contribution in [0, 0.1) is 0 Å². The first-order chi connectivity index (χ1) is 13.7. The minimum atomic E-state index is -2.85. The van der Waals surface area contributed by atoms with Crippen LogP contribution in [0.2, 0.25) is 0 Å². The molecule has 1 aromatic carbocycles. The van der Waals surface area contributed by atoms with Gasteiger partial charge in [0.2, 0.25) is 0 Å². The second-order valence-corrected chi connectivity index (χ2v) is 6.31. The van der Waals surface area contributed by atoms with Gasteiger partial charge in [-0.3, -0.25) is 4.79 Å². The van der Waals surface area contributed by atoms with Crippen molar-refractivity contribution in [1.29, 1.82) is 0 Å². The SMILES string of the molecule is C[C@@]1(c2cccc(NC(=O)c3ncc(C(F)F)nc3N)c2)C=C(CF)OC(N)=N1. The van der Waals surface area contributed by atoms with Crippen molar-refractivity contribution in [1.82, 2.24) is 9.97 Å². The number of alkyl halides is 3. The average Bonchev–Trinajstić information content (AvgIpc) is 2.67. The predicted molar refractivity (Wildman–Crippen MR) is 99.9 cm³/mol. The highest BCUT2D eigenvalue weighted by Gasteiger charge is 2.30. The number of amides is 1. The molecule has 1 aromatic heterocycles. The Morgan fingerprint density at radius 2 is 2.10 bits per heavy atom. The van der Waals surface area contributed by atoms with E-state index >= 15 is 0 Å². The topological polar surface area (TPSA) is 129 Å². The number of nitrogens with one attached hydrogen (secondary N) is 1. The third kappa shape index (κ3) is 4.28. The minimum absolute atomic E-state index is 0.0246. The second kappa shape index (κ2) is 7.78. The van der Waals surface area contributed by atoms with Gasteiger partial charge in [0.05, 0.1) is 6.20 Å². The fourth-order valence-electron chi connectivity index (χ4n) is 2.77. The van der Waals surface area contributed by atoms with Crippen LogP contribution in [0.3, 0.4) is 0 Å². The Kier molecular flexibility index (Phi) is 5.39. The van der Waals surface area contributed by atoms with Crippen LogP contribution < -0.4 is 16.8 Å². The van der Waals surface area contributed by atoms with Gasteiger partial charge in [-0.2, -0.15) is 0 Å². The molecule has 1 atom stereocenters. The Balaban J connectivity index is 1.86. The van der Waals surface area contributed by atoms with Crippen molar-refractivity contribution in [2.75, 3.05) is 17.7 Å². The van der Waals surface area contributed by atoms with Crippen LogP contribution in [0.15, 0.2) is 47.3 Å². The molecule has 1 aliphatic rings. The van der Waals surface area contributed by atoms with E-state index in [1.807, 2.05) is 0 Å². The largest absolute Gasteiger partial charge is 0.428 e. The quantitative estimate of drug-likeness (QED) is 0.700. The van der Waals surface area contributed by atoms with E-state index < -0.39 is 36.1 Å². The molecule has 0 unspecified atom stereocenters. The van der Waals surface area contributed by atoms with Gasteiger partial charge < -0.3 is 21.5 Å². The van der Waals surface area contributed by atoms with Crippen molar-refractivity contribution in [3.8, 4) is 0 Å². The molecule has 11 heteroatoms. The summed E-state index contributed by atoms with van der Waals surface area (Å²) in [7, 11) is 0. The number of hydrogen-bond acceptors (Lipinski definition) is 7. The summed E-state index contributed by atoms with van der Waals surface area (Å²) < 4.78 is 43.3. The zero-order valence-electron chi connectivity index (χ0n) is 15.2. The van der Waals surface area contributed by atoms with Gasteiger partial charge in [0.25, 0.3) is 18.4 Å². The van der Waals surface area contributed by atoms with E-state index in [9.17, 15) is 18.0 Å². The van der Waals surface area contributed by atoms with Gasteiger partial charge in [-0.1, -0.05) is 12.1 Å². The number of carbonyl (C=O) groups is 1. The fraction of sp³-hybridized carbons (Fsp3) is 0.222. The number of carbonyl (C=O) groups excluding carboxylic acids is 1. The predicted octanol–water partition coefficient (Wildman–Crippen LogP) is 2.66. The van der Waals surface area contributed by atoms with Crippen molar-refractivity contribution >= 4 is 23.4 Å². The van der Waals surface area contributed by atoms with Crippen LogP contribution >= 0.6 is 0 Å². The second-order valence-electron chi connectivity index (χ2n) is 6.31. The van der Waals surface area contributed by atoms with Gasteiger partial charge in [0.15, 0.2) is 11.5 Å². The molecule has 152 valence electrons. The highest BCUT2D eigenvalue weighted by Crippen LogP contribution is 2.33. The molecule has 0 saturated carbocycles. The lowest BCUT2D eigenvalue weighted by atomic mass is 9.91. The number of aliphatic imine (C=N–C) groups is 1. The first-order valence-electron chi connectivity index (χ1n) is 8.35. The summed E-state index contributed by atoms with van der Waals surface area (Å²) in [5.41, 5.74) is 10.2. The van der Waals surface area contributed by atoms with Crippen molar-refractivity contribution in [3.05, 3.63) is 59.2 Å². The summed E-state index contributed by atoms with van der Waals surface area (Å²) >= 11 is 0. The molecule has 2 heterocycles. The zero-order chi connectivity index (χ0) is 21.2. The molecule has 0 aliphatic carbocycles. The molecule has 0 spiro atoms. The third-order valence-corrected chi connectivity index (χ3v) is 4.11. The van der Waals surface area contributed by atoms with E-state index in [1.165, 1.54) is 6.08 Å². The Bertz CT molecular complexity index is 1010. The minimum Gasteiger partial charge on any atom is -0.428 e. The number of benzene rings is 1. The summed E-state index contributed by atoms with van der Waals surface area (Å²) in [5, 5.41) is 2.57. The summed E-state index contributed by atoms with van der Waals surface area (Å²) in [6.45, 7) is 0.848. The number of nitrogens with two attached hydrogens (primary N) is 2. The van der Waals surface area contributed by atoms with Crippen LogP contribution in [-0.2, 0) is 10.3 Å². The Hall–Kier alpha value is -3.63. The van der Waals surface area contributed by atoms with Gasteiger partial charge in [-0.25, -0.2) is 28.1 Å². The van der Waals surface area contributed by atoms with E-state index in [0.29, 0.717) is 11.3 Å². The molecule has 1 amide bonds. The summed E-state index contributed by atoms with van der Waals surface area (Å²) in [4.78, 5) is 23.8. The molecule has 0 saturated heterocycles. The smallest absolute Gasteiger partial charge is 0.288 e. The lowest BCUT2D eigenvalue weighted by Crippen LogP contribution is -2.30. The lowest BCUT2D eigenvalue weighted by molar-refractivity contribution is 0.102. The van der Waals surface area contributed by atoms with Crippen LogP contribution in [0.25, 0.3) is 0 Å². The number of amidine groups is 1. The number of hydrogen-bond donors (Lipinski definition) is 3. The molecule has 0 fully saturated rings. The number of halogens is 3. The fourth-order valence-corrected chi connectivity index (χ4v) is 2.77. The first-order valence-corrected chi connectivity index (χ1v) is 8.35. The Labute approximate surface area is 163 Å². The number of nitrogens with zero attached hydrogens (tertiary/aromatic N) is 3. The molecule has 0 radical (unpaired) electrons. The molecular weight excluding hydrogens is 389 g/mol. The van der Waals surface area contributed by atoms with Crippen LogP contribution in [-0.4, -0.2) is 28.6 Å². The molecule has 5 N–H and O–H groups in total. The number of aromatic nitrogens is 2. The standard InChI is InChI=1S/C18H17F3N6O2/c1-18(6-11(7-19)29-17(23)27-18)9-3-2-4-10(5-9)25-16(28)13-15(22)26-12(8-24-13)14(20)21/h2-6,8,14H,7H2,1H3,(H2,22,26)(H2,23,27)(H,25,28)/t18-/m0/s1. The van der Waals surface area contributed by atoms with Gasteiger partial charge in [-0.15, -0.1) is 0 Å². The van der Waals surface area contributed by atoms with Crippen molar-refractivity contribution in [3.63, 3.8) is 0 Å². The first kappa shape index (κ1) is 20.1. The number of ether oxygens (including phenoxy) is 1. The Morgan fingerprint density at radius 3 is 2.76 bits per heavy atom. The molecule has 2 aromatic rings. The maximum atomic E-state index is 13.0. The number of nitrogen functional groups attached to an aromatic ring is 1. The average molecular weight is 406 g/mol. The number of allylic oxidation sites excluding steroid dienone is 1. The van der Waals surface area contributed by atoms with Crippen LogP contribution in [0.4, 0.5) is 24.7 Å². The summed E-state index contributed by atoms with van der Waals surface area (Å²) in [6.07, 6.45) is -0.582. The zero-order valence-corrected chi connectivity index (χ0v) is 15.2. The number of rotatable bonds is 5. The van der Waals surface area contributed by atoms with Crippen LogP contribution in [0.1, 0.15) is 35.1 Å². The summed E-state index contributed by atoms with van der Waals surface area (Å²) in [5.74, 6) is -1.12. The molecule has 0 bridgehead atoms. The highest BCUT2D eigenvalue weighted by molar-refractivity contribution is 6.05. The third-order valence-electron chi connectivity index (χ3n) is 4.11. The highest BCUT2D eigenvalue weighted by atomic mass is 19.3. The van der Waals surface area contributed by atoms with Crippen molar-refractivity contribution in [2.24, 2.45) is 10.7 Å². The molecule has 3 rings (SSSR count). The lowest BCUT2D eigenvalue weighted by Gasteiger charge is -2.27. The normalized spacial score (nSPS) is 18.7. The molecule has 29 heavy (non-hydrogen) atoms. The molecular formula is C18H17F3N6O2. The van der Waals surface area contributed by atoms with Gasteiger partial charge in [0.1, 0.15) is 23.7 Å². The van der Waals surface area contributed by atoms with E-state index in [-0.39, 0.29) is 17.5 Å². The van der Waals surface area contributed by atoms with Crippen LogP contribution in [0.5, 0.6) is 0 Å². The maximum Gasteiger partial charge on any atom is 0.288 e. The van der Waals surface area contributed by atoms with Gasteiger partial charge in [-0.05, 0) is 30.7 Å². The van der Waals surface area contributed by atoms with Crippen molar-refractivity contribution in [2.45, 2.75) is 18.9 Å². The summed E-state index contributed by atoms with van der Waals surface area (Å²) in [6, 6.07) is 6.38. The maximum absolute atomic E-state index is 13.0. The van der Waals surface area contributed by atoms with Gasteiger partial charge >= 0.3 is 0 Å². The monoisotopic (exact) mass is 406 g/mol. The molecule has 8 nitrogen and oxygen atoms in total. The van der Waals surface area contributed by atoms with E-state index in [2.05, 4.69) is 20.3 Å². The number of anilines is 2. The molecule has 1 aliphatic heterocycles. The Morgan fingerprint density at radius 1 is 1.34 bits per heavy atom. The van der Waals surface area contributed by atoms with E-state index in [4.69, 9.17) is 16.2 Å². The van der Waals surface area contributed by atoms with Crippen molar-refractivity contribution < 1.29 is 22.7 Å².